The molecule has 0 aliphatic carbocycles. The second-order valence-corrected chi connectivity index (χ2v) is 6.20. The normalized spacial score (nSPS) is 12.7. The third kappa shape index (κ3) is 7.32. The Morgan fingerprint density at radius 3 is 2.69 bits per heavy atom. The van der Waals surface area contributed by atoms with Crippen molar-refractivity contribution >= 4 is 29.9 Å². The molecule has 0 bridgehead atoms. The van der Waals surface area contributed by atoms with Gasteiger partial charge < -0.3 is 15.5 Å². The van der Waals surface area contributed by atoms with Gasteiger partial charge in [-0.2, -0.15) is 10.2 Å². The largest absolute Gasteiger partial charge is 0.357 e. The molecule has 2 aromatic rings. The maximum Gasteiger partial charge on any atom is 0.191 e. The lowest BCUT2D eigenvalue weighted by atomic mass is 10.1. The van der Waals surface area contributed by atoms with Crippen LogP contribution in [0.2, 0.25) is 0 Å². The van der Waals surface area contributed by atoms with Crippen molar-refractivity contribution in [2.75, 3.05) is 33.7 Å². The Labute approximate surface area is 173 Å². The third-order valence-corrected chi connectivity index (χ3v) is 3.92. The van der Waals surface area contributed by atoms with Gasteiger partial charge in [-0.3, -0.25) is 14.4 Å². The van der Waals surface area contributed by atoms with Crippen LogP contribution in [0.25, 0.3) is 0 Å². The SMILES string of the molecule is CCNC(=NCC(c1cnn(C)c1)N(C)C)NCCCn1cccn1.I. The summed E-state index contributed by atoms with van der Waals surface area (Å²) >= 11 is 0. The Morgan fingerprint density at radius 2 is 2.12 bits per heavy atom. The fraction of sp³-hybridized carbons (Fsp3) is 0.588. The van der Waals surface area contributed by atoms with Gasteiger partial charge in [0.2, 0.25) is 0 Å². The number of aromatic nitrogens is 4. The molecule has 1 unspecified atom stereocenters. The average molecular weight is 474 g/mol. The Morgan fingerprint density at radius 1 is 1.31 bits per heavy atom. The molecule has 2 aromatic heterocycles. The number of nitrogens with one attached hydrogen (secondary N) is 2. The van der Waals surface area contributed by atoms with E-state index in [-0.39, 0.29) is 30.0 Å². The number of likely N-dealkylation sites (N-methyl/N-ethyl adjacent to an activating group) is 1. The minimum absolute atomic E-state index is 0. The molecule has 0 aliphatic heterocycles. The van der Waals surface area contributed by atoms with Gasteiger partial charge >= 0.3 is 0 Å². The highest BCUT2D eigenvalue weighted by Crippen LogP contribution is 2.17. The average Bonchev–Trinajstić information content (AvgIpc) is 3.23. The van der Waals surface area contributed by atoms with Crippen LogP contribution in [-0.4, -0.2) is 64.2 Å². The number of hydrogen-bond acceptors (Lipinski definition) is 4. The molecule has 0 radical (unpaired) electrons. The van der Waals surface area contributed by atoms with Crippen molar-refractivity contribution in [1.82, 2.24) is 35.1 Å². The number of hydrogen-bond donors (Lipinski definition) is 2. The Bertz CT molecular complexity index is 635. The number of halogens is 1. The van der Waals surface area contributed by atoms with Crippen LogP contribution in [0.3, 0.4) is 0 Å². The van der Waals surface area contributed by atoms with E-state index < -0.39 is 0 Å². The monoisotopic (exact) mass is 474 g/mol. The number of aryl methyl sites for hydroxylation is 2. The van der Waals surface area contributed by atoms with E-state index in [0.29, 0.717) is 6.54 Å². The molecule has 0 amide bonds. The first-order chi connectivity index (χ1) is 12.1. The first-order valence-corrected chi connectivity index (χ1v) is 8.74. The molecule has 2 N–H and O–H groups in total. The second kappa shape index (κ2) is 11.9. The van der Waals surface area contributed by atoms with E-state index in [4.69, 9.17) is 4.99 Å². The lowest BCUT2D eigenvalue weighted by Gasteiger charge is -2.22. The maximum absolute atomic E-state index is 4.75. The number of nitrogens with zero attached hydrogens (tertiary/aromatic N) is 6. The Balaban J connectivity index is 0.00000338. The number of rotatable bonds is 9. The van der Waals surface area contributed by atoms with E-state index >= 15 is 0 Å². The number of aliphatic imine (C=N–C) groups is 1. The Kier molecular flexibility index (Phi) is 10.3. The summed E-state index contributed by atoms with van der Waals surface area (Å²) in [4.78, 5) is 6.92. The zero-order chi connectivity index (χ0) is 18.1. The molecule has 26 heavy (non-hydrogen) atoms. The predicted molar refractivity (Wildman–Crippen MR) is 116 cm³/mol. The smallest absolute Gasteiger partial charge is 0.191 e. The second-order valence-electron chi connectivity index (χ2n) is 6.20. The molecule has 0 saturated heterocycles. The van der Waals surface area contributed by atoms with Crippen molar-refractivity contribution in [3.63, 3.8) is 0 Å². The third-order valence-electron chi connectivity index (χ3n) is 3.92. The van der Waals surface area contributed by atoms with Gasteiger partial charge in [-0.05, 0) is 33.5 Å². The van der Waals surface area contributed by atoms with E-state index in [0.717, 1.165) is 32.0 Å². The summed E-state index contributed by atoms with van der Waals surface area (Å²) in [7, 11) is 6.07. The van der Waals surface area contributed by atoms with Crippen molar-refractivity contribution in [3.05, 3.63) is 36.4 Å². The zero-order valence-electron chi connectivity index (χ0n) is 16.1. The topological polar surface area (TPSA) is 75.3 Å². The minimum atomic E-state index is 0. The van der Waals surface area contributed by atoms with Crippen molar-refractivity contribution in [3.8, 4) is 0 Å². The van der Waals surface area contributed by atoms with Crippen LogP contribution in [0.5, 0.6) is 0 Å². The van der Waals surface area contributed by atoms with Gasteiger partial charge in [-0.25, -0.2) is 0 Å². The first-order valence-electron chi connectivity index (χ1n) is 8.74. The van der Waals surface area contributed by atoms with Gasteiger partial charge in [0.1, 0.15) is 0 Å². The summed E-state index contributed by atoms with van der Waals surface area (Å²) in [6.07, 6.45) is 8.73. The molecule has 2 heterocycles. The maximum atomic E-state index is 4.75. The van der Waals surface area contributed by atoms with Gasteiger partial charge in [0, 0.05) is 50.8 Å². The van der Waals surface area contributed by atoms with Gasteiger partial charge in [0.05, 0.1) is 18.8 Å². The summed E-state index contributed by atoms with van der Waals surface area (Å²) in [5.41, 5.74) is 1.17. The van der Waals surface area contributed by atoms with Crippen LogP contribution in [0.15, 0.2) is 35.8 Å². The molecule has 9 heteroatoms. The van der Waals surface area contributed by atoms with Crippen LogP contribution >= 0.6 is 24.0 Å². The summed E-state index contributed by atoms with van der Waals surface area (Å²) in [5.74, 6) is 0.846. The molecule has 0 fully saturated rings. The molecule has 0 spiro atoms. The molecule has 0 aromatic carbocycles. The fourth-order valence-electron chi connectivity index (χ4n) is 2.58. The molecule has 2 rings (SSSR count). The highest BCUT2D eigenvalue weighted by Gasteiger charge is 2.15. The summed E-state index contributed by atoms with van der Waals surface area (Å²) in [5, 5.41) is 15.2. The van der Waals surface area contributed by atoms with Crippen molar-refractivity contribution in [2.24, 2.45) is 12.0 Å². The highest BCUT2D eigenvalue weighted by molar-refractivity contribution is 14.0. The lowest BCUT2D eigenvalue weighted by Crippen LogP contribution is -2.38. The molecular weight excluding hydrogens is 443 g/mol. The van der Waals surface area contributed by atoms with E-state index in [2.05, 4.69) is 46.7 Å². The van der Waals surface area contributed by atoms with Crippen molar-refractivity contribution < 1.29 is 0 Å². The summed E-state index contributed by atoms with van der Waals surface area (Å²) < 4.78 is 3.77. The van der Waals surface area contributed by atoms with Gasteiger partial charge in [0.15, 0.2) is 5.96 Å². The van der Waals surface area contributed by atoms with E-state index in [1.165, 1.54) is 5.56 Å². The van der Waals surface area contributed by atoms with Crippen LogP contribution in [0.1, 0.15) is 24.9 Å². The van der Waals surface area contributed by atoms with Gasteiger partial charge in [-0.1, -0.05) is 0 Å². The standard InChI is InChI=1S/C17H30N8.HI/c1-5-18-17(19-8-6-10-25-11-7-9-21-25)20-13-16(23(2)3)15-12-22-24(4)14-15;/h7,9,11-12,14,16H,5-6,8,10,13H2,1-4H3,(H2,18,19,20);1H. The molecule has 0 aliphatic rings. The molecule has 0 saturated carbocycles. The molecule has 146 valence electrons. The van der Waals surface area contributed by atoms with Crippen LogP contribution < -0.4 is 10.6 Å². The van der Waals surface area contributed by atoms with Crippen LogP contribution in [0.4, 0.5) is 0 Å². The van der Waals surface area contributed by atoms with E-state index in [1.54, 1.807) is 6.20 Å². The summed E-state index contributed by atoms with van der Waals surface area (Å²) in [6, 6.07) is 2.15. The van der Waals surface area contributed by atoms with Crippen LogP contribution in [0, 0.1) is 0 Å². The lowest BCUT2D eigenvalue weighted by molar-refractivity contribution is 0.306. The molecule has 1 atom stereocenters. The van der Waals surface area contributed by atoms with Crippen molar-refractivity contribution in [2.45, 2.75) is 25.9 Å². The molecular formula is C17H31IN8. The van der Waals surface area contributed by atoms with Gasteiger partial charge in [-0.15, -0.1) is 24.0 Å². The number of guanidine groups is 1. The highest BCUT2D eigenvalue weighted by atomic mass is 127. The fourth-order valence-corrected chi connectivity index (χ4v) is 2.58. The van der Waals surface area contributed by atoms with Crippen LogP contribution in [-0.2, 0) is 13.6 Å². The zero-order valence-corrected chi connectivity index (χ0v) is 18.4. The van der Waals surface area contributed by atoms with Crippen molar-refractivity contribution in [1.29, 1.82) is 0 Å². The summed E-state index contributed by atoms with van der Waals surface area (Å²) in [6.45, 7) is 5.34. The van der Waals surface area contributed by atoms with E-state index in [9.17, 15) is 0 Å². The van der Waals surface area contributed by atoms with Gasteiger partial charge in [0.25, 0.3) is 0 Å². The minimum Gasteiger partial charge on any atom is -0.357 e. The molecule has 8 nitrogen and oxygen atoms in total. The predicted octanol–water partition coefficient (Wildman–Crippen LogP) is 1.48. The van der Waals surface area contributed by atoms with E-state index in [1.807, 2.05) is 41.1 Å². The quantitative estimate of drug-likeness (QED) is 0.249. The Hall–Kier alpha value is -1.62. The first kappa shape index (κ1) is 22.4.